The molecule has 6 heteroatoms. The number of rotatable bonds is 3. The Bertz CT molecular complexity index is 391. The van der Waals surface area contributed by atoms with E-state index in [9.17, 15) is 4.79 Å². The molecule has 1 aromatic rings. The van der Waals surface area contributed by atoms with E-state index in [1.807, 2.05) is 11.4 Å². The van der Waals surface area contributed by atoms with Crippen LogP contribution in [0.2, 0.25) is 0 Å². The maximum atomic E-state index is 12.0. The number of anilines is 1. The summed E-state index contributed by atoms with van der Waals surface area (Å²) in [5, 5.41) is 6.14. The highest BCUT2D eigenvalue weighted by atomic mass is 79.9. The number of nitrogens with zero attached hydrogens (tertiary/aromatic N) is 1. The molecule has 1 unspecified atom stereocenters. The summed E-state index contributed by atoms with van der Waals surface area (Å²) in [6.07, 6.45) is 0.432. The van der Waals surface area contributed by atoms with Crippen LogP contribution < -0.4 is 10.2 Å². The van der Waals surface area contributed by atoms with Crippen molar-refractivity contribution >= 4 is 38.2 Å². The van der Waals surface area contributed by atoms with E-state index in [0.717, 1.165) is 22.6 Å². The van der Waals surface area contributed by atoms with Crippen molar-refractivity contribution in [3.05, 3.63) is 15.9 Å². The fraction of sp³-hybridized carbons (Fsp3) is 0.545. The number of halogens is 1. The summed E-state index contributed by atoms with van der Waals surface area (Å²) in [6, 6.07) is 1.95. The van der Waals surface area contributed by atoms with E-state index >= 15 is 0 Å². The largest absolute Gasteiger partial charge is 0.375 e. The molecule has 1 atom stereocenters. The summed E-state index contributed by atoms with van der Waals surface area (Å²) >= 11 is 4.94. The Balaban J connectivity index is 1.90. The van der Waals surface area contributed by atoms with Gasteiger partial charge in [0.15, 0.2) is 0 Å². The van der Waals surface area contributed by atoms with Gasteiger partial charge in [-0.15, -0.1) is 11.3 Å². The summed E-state index contributed by atoms with van der Waals surface area (Å²) in [7, 11) is 1.80. The minimum absolute atomic E-state index is 0.00195. The van der Waals surface area contributed by atoms with Crippen LogP contribution in [0.15, 0.2) is 15.9 Å². The first-order valence-corrected chi connectivity index (χ1v) is 7.17. The van der Waals surface area contributed by atoms with Gasteiger partial charge in [-0.05, 0) is 22.0 Å². The molecule has 1 aliphatic rings. The van der Waals surface area contributed by atoms with Crippen molar-refractivity contribution in [1.29, 1.82) is 0 Å². The van der Waals surface area contributed by atoms with E-state index < -0.39 is 0 Å². The molecule has 1 aromatic heterocycles. The zero-order valence-corrected chi connectivity index (χ0v) is 12.0. The van der Waals surface area contributed by atoms with Crippen LogP contribution >= 0.6 is 27.3 Å². The Labute approximate surface area is 113 Å². The fourth-order valence-corrected chi connectivity index (χ4v) is 3.09. The molecule has 2 heterocycles. The number of carbonyl (C=O) groups excluding carboxylic acids is 1. The Kier molecular flexibility index (Phi) is 4.55. The van der Waals surface area contributed by atoms with E-state index in [2.05, 4.69) is 21.2 Å². The van der Waals surface area contributed by atoms with Crippen LogP contribution in [0.1, 0.15) is 6.42 Å². The summed E-state index contributed by atoms with van der Waals surface area (Å²) < 4.78 is 6.53. The van der Waals surface area contributed by atoms with Crippen molar-refractivity contribution in [3.63, 3.8) is 0 Å². The van der Waals surface area contributed by atoms with Crippen LogP contribution in [-0.4, -0.2) is 38.8 Å². The molecule has 4 nitrogen and oxygen atoms in total. The van der Waals surface area contributed by atoms with Gasteiger partial charge in [0, 0.05) is 30.0 Å². The molecule has 17 heavy (non-hydrogen) atoms. The van der Waals surface area contributed by atoms with Crippen molar-refractivity contribution in [2.24, 2.45) is 0 Å². The number of hydrogen-bond acceptors (Lipinski definition) is 4. The highest BCUT2D eigenvalue weighted by Gasteiger charge is 2.20. The van der Waals surface area contributed by atoms with Crippen molar-refractivity contribution in [1.82, 2.24) is 5.32 Å². The van der Waals surface area contributed by atoms with Crippen LogP contribution in [0.4, 0.5) is 5.00 Å². The van der Waals surface area contributed by atoms with Crippen molar-refractivity contribution < 1.29 is 9.53 Å². The number of ether oxygens (including phenoxy) is 1. The molecule has 94 valence electrons. The molecule has 1 N–H and O–H groups in total. The molecule has 0 saturated carbocycles. The minimum Gasteiger partial charge on any atom is -0.375 e. The lowest BCUT2D eigenvalue weighted by molar-refractivity contribution is -0.121. The molecular weight excluding hydrogens is 304 g/mol. The van der Waals surface area contributed by atoms with Gasteiger partial charge in [-0.3, -0.25) is 4.79 Å². The van der Waals surface area contributed by atoms with E-state index in [-0.39, 0.29) is 12.0 Å². The Morgan fingerprint density at radius 2 is 2.59 bits per heavy atom. The SMILES string of the molecule is CN(C(=O)CC1CNCCO1)c1cc(Br)cs1. The van der Waals surface area contributed by atoms with Crippen molar-refractivity contribution in [2.75, 3.05) is 31.6 Å². The first-order valence-electron chi connectivity index (χ1n) is 5.49. The smallest absolute Gasteiger partial charge is 0.229 e. The Hall–Kier alpha value is -0.430. The number of thiophene rings is 1. The number of nitrogens with one attached hydrogen (secondary N) is 1. The van der Waals surface area contributed by atoms with Crippen molar-refractivity contribution in [2.45, 2.75) is 12.5 Å². The predicted molar refractivity (Wildman–Crippen MR) is 72.7 cm³/mol. The fourth-order valence-electron chi connectivity index (χ4n) is 1.68. The number of morpholine rings is 1. The van der Waals surface area contributed by atoms with Gasteiger partial charge in [-0.25, -0.2) is 0 Å². The van der Waals surface area contributed by atoms with Gasteiger partial charge in [0.25, 0.3) is 0 Å². The Morgan fingerprint density at radius 1 is 1.76 bits per heavy atom. The molecule has 1 aliphatic heterocycles. The van der Waals surface area contributed by atoms with E-state index in [1.54, 1.807) is 23.3 Å². The average molecular weight is 319 g/mol. The third-order valence-corrected chi connectivity index (χ3v) is 4.43. The topological polar surface area (TPSA) is 41.6 Å². The lowest BCUT2D eigenvalue weighted by Crippen LogP contribution is -2.41. The molecule has 2 rings (SSSR count). The summed E-state index contributed by atoms with van der Waals surface area (Å²) in [4.78, 5) is 13.7. The van der Waals surface area contributed by atoms with Crippen LogP contribution in [0.25, 0.3) is 0 Å². The summed E-state index contributed by atoms with van der Waals surface area (Å²) in [6.45, 7) is 2.32. The number of amides is 1. The zero-order chi connectivity index (χ0) is 12.3. The molecule has 1 amide bonds. The highest BCUT2D eigenvalue weighted by Crippen LogP contribution is 2.27. The van der Waals surface area contributed by atoms with E-state index in [0.29, 0.717) is 13.0 Å². The van der Waals surface area contributed by atoms with Crippen LogP contribution in [0.3, 0.4) is 0 Å². The molecule has 0 aliphatic carbocycles. The third kappa shape index (κ3) is 3.51. The average Bonchev–Trinajstić information content (AvgIpc) is 2.76. The molecule has 1 fully saturated rings. The van der Waals surface area contributed by atoms with Gasteiger partial charge in [0.1, 0.15) is 0 Å². The quantitative estimate of drug-likeness (QED) is 0.924. The minimum atomic E-state index is 0.00195. The lowest BCUT2D eigenvalue weighted by Gasteiger charge is -2.25. The second kappa shape index (κ2) is 5.95. The van der Waals surface area contributed by atoms with Crippen LogP contribution in [0, 0.1) is 0 Å². The van der Waals surface area contributed by atoms with Crippen LogP contribution in [-0.2, 0) is 9.53 Å². The second-order valence-corrected chi connectivity index (χ2v) is 5.76. The molecule has 0 bridgehead atoms. The zero-order valence-electron chi connectivity index (χ0n) is 9.61. The van der Waals surface area contributed by atoms with Gasteiger partial charge in [-0.1, -0.05) is 0 Å². The second-order valence-electron chi connectivity index (χ2n) is 3.96. The van der Waals surface area contributed by atoms with Gasteiger partial charge >= 0.3 is 0 Å². The maximum Gasteiger partial charge on any atom is 0.229 e. The first-order chi connectivity index (χ1) is 8.16. The molecular formula is C11H15BrN2O2S. The van der Waals surface area contributed by atoms with Crippen molar-refractivity contribution in [3.8, 4) is 0 Å². The summed E-state index contributed by atoms with van der Waals surface area (Å²) in [5.41, 5.74) is 0. The molecule has 0 spiro atoms. The van der Waals surface area contributed by atoms with Gasteiger partial charge in [0.2, 0.25) is 5.91 Å². The Morgan fingerprint density at radius 3 is 3.18 bits per heavy atom. The lowest BCUT2D eigenvalue weighted by atomic mass is 10.2. The maximum absolute atomic E-state index is 12.0. The normalized spacial score (nSPS) is 20.2. The molecule has 0 radical (unpaired) electrons. The molecule has 1 saturated heterocycles. The third-order valence-electron chi connectivity index (χ3n) is 2.66. The van der Waals surface area contributed by atoms with Gasteiger partial charge in [-0.2, -0.15) is 0 Å². The van der Waals surface area contributed by atoms with E-state index in [1.165, 1.54) is 0 Å². The van der Waals surface area contributed by atoms with Gasteiger partial charge in [0.05, 0.1) is 24.1 Å². The summed E-state index contributed by atoms with van der Waals surface area (Å²) in [5.74, 6) is 0.0908. The highest BCUT2D eigenvalue weighted by molar-refractivity contribution is 9.10. The van der Waals surface area contributed by atoms with Gasteiger partial charge < -0.3 is 15.0 Å². The standard InChI is InChI=1S/C11H15BrN2O2S/c1-14(11-4-8(12)7-17-11)10(15)5-9-6-13-2-3-16-9/h4,7,9,13H,2-3,5-6H2,1H3. The van der Waals surface area contributed by atoms with Crippen LogP contribution in [0.5, 0.6) is 0 Å². The number of carbonyl (C=O) groups is 1. The molecule has 0 aromatic carbocycles. The number of hydrogen-bond donors (Lipinski definition) is 1. The van der Waals surface area contributed by atoms with E-state index in [4.69, 9.17) is 4.74 Å². The monoisotopic (exact) mass is 318 g/mol. The first kappa shape index (κ1) is 13.0. The predicted octanol–water partition coefficient (Wildman–Crippen LogP) is 1.85.